The van der Waals surface area contributed by atoms with Crippen LogP contribution >= 0.6 is 0 Å². The Morgan fingerprint density at radius 1 is 1.17 bits per heavy atom. The Bertz CT molecular complexity index is 690. The molecule has 9 heteroatoms. The lowest BCUT2D eigenvalue weighted by Gasteiger charge is -2.22. The molecule has 1 amide bonds. The Hall–Kier alpha value is -2.00. The van der Waals surface area contributed by atoms with E-state index in [1.807, 2.05) is 0 Å². The Morgan fingerprint density at radius 3 is 2.22 bits per heavy atom. The summed E-state index contributed by atoms with van der Waals surface area (Å²) in [6.07, 6.45) is 0. The Labute approximate surface area is 133 Å². The van der Waals surface area contributed by atoms with Crippen LogP contribution in [0.4, 0.5) is 4.39 Å². The number of carbonyl (C=O) groups excluding carboxylic acids is 1. The smallest absolute Gasteiger partial charge is 0.325 e. The molecule has 0 spiro atoms. The van der Waals surface area contributed by atoms with Crippen LogP contribution in [0.15, 0.2) is 29.2 Å². The second-order valence-electron chi connectivity index (χ2n) is 5.34. The van der Waals surface area contributed by atoms with E-state index in [0.29, 0.717) is 0 Å². The lowest BCUT2D eigenvalue weighted by molar-refractivity contribution is -0.141. The minimum Gasteiger partial charge on any atom is -0.480 e. The van der Waals surface area contributed by atoms with Gasteiger partial charge in [-0.15, -0.1) is 0 Å². The number of carboxylic acids is 1. The molecule has 0 aliphatic carbocycles. The predicted octanol–water partition coefficient (Wildman–Crippen LogP) is 0.718. The van der Waals surface area contributed by atoms with Crippen molar-refractivity contribution in [2.24, 2.45) is 5.92 Å². The van der Waals surface area contributed by atoms with Gasteiger partial charge in [-0.2, -0.15) is 4.72 Å². The molecule has 0 saturated carbocycles. The van der Waals surface area contributed by atoms with Crippen LogP contribution in [-0.4, -0.2) is 37.5 Å². The molecule has 1 rings (SSSR count). The fourth-order valence-corrected chi connectivity index (χ4v) is 3.17. The lowest BCUT2D eigenvalue weighted by Crippen LogP contribution is -2.52. The highest BCUT2D eigenvalue weighted by Crippen LogP contribution is 2.15. The van der Waals surface area contributed by atoms with Gasteiger partial charge in [0, 0.05) is 0 Å². The van der Waals surface area contributed by atoms with E-state index < -0.39 is 50.6 Å². The Kier molecular flexibility index (Phi) is 6.22. The van der Waals surface area contributed by atoms with E-state index >= 15 is 0 Å². The van der Waals surface area contributed by atoms with Gasteiger partial charge in [-0.3, -0.25) is 9.59 Å². The number of hydrogen-bond acceptors (Lipinski definition) is 4. The third-order valence-corrected chi connectivity index (χ3v) is 4.56. The van der Waals surface area contributed by atoms with Crippen LogP contribution < -0.4 is 10.0 Å². The van der Waals surface area contributed by atoms with Gasteiger partial charge >= 0.3 is 5.97 Å². The van der Waals surface area contributed by atoms with Gasteiger partial charge < -0.3 is 10.4 Å². The standard InChI is InChI=1S/C14H19FN2O5S/c1-8(2)12(13(18)16-9(3)14(19)20)17-23(21,22)11-7-5-4-6-10(11)15/h4-9,12,17H,1-3H3,(H,16,18)(H,19,20)/t9-,12-/m0/s1. The van der Waals surface area contributed by atoms with Crippen molar-refractivity contribution in [1.82, 2.24) is 10.0 Å². The van der Waals surface area contributed by atoms with E-state index in [2.05, 4.69) is 10.0 Å². The molecule has 3 N–H and O–H groups in total. The lowest BCUT2D eigenvalue weighted by atomic mass is 10.0. The number of amides is 1. The maximum Gasteiger partial charge on any atom is 0.325 e. The molecule has 0 aromatic heterocycles. The number of nitrogens with one attached hydrogen (secondary N) is 2. The molecule has 23 heavy (non-hydrogen) atoms. The van der Waals surface area contributed by atoms with Crippen LogP contribution in [0.3, 0.4) is 0 Å². The monoisotopic (exact) mass is 346 g/mol. The van der Waals surface area contributed by atoms with Gasteiger partial charge in [-0.1, -0.05) is 26.0 Å². The van der Waals surface area contributed by atoms with Crippen molar-refractivity contribution >= 4 is 21.9 Å². The highest BCUT2D eigenvalue weighted by atomic mass is 32.2. The van der Waals surface area contributed by atoms with Gasteiger partial charge in [0.25, 0.3) is 0 Å². The summed E-state index contributed by atoms with van der Waals surface area (Å²) in [6, 6.07) is 2.35. The van der Waals surface area contributed by atoms with Gasteiger partial charge in [0.1, 0.15) is 22.8 Å². The van der Waals surface area contributed by atoms with Crippen LogP contribution in [0, 0.1) is 11.7 Å². The second kappa shape index (κ2) is 7.51. The first-order chi connectivity index (χ1) is 10.6. The topological polar surface area (TPSA) is 113 Å². The first-order valence-corrected chi connectivity index (χ1v) is 8.34. The number of carboxylic acid groups (broad SMARTS) is 1. The number of benzene rings is 1. The summed E-state index contributed by atoms with van der Waals surface area (Å²) in [7, 11) is -4.27. The zero-order valence-electron chi connectivity index (χ0n) is 12.9. The van der Waals surface area contributed by atoms with E-state index in [1.165, 1.54) is 19.1 Å². The molecule has 0 heterocycles. The van der Waals surface area contributed by atoms with Gasteiger partial charge in [0.15, 0.2) is 0 Å². The number of aliphatic carboxylic acids is 1. The third-order valence-electron chi connectivity index (χ3n) is 3.09. The molecule has 128 valence electrons. The highest BCUT2D eigenvalue weighted by molar-refractivity contribution is 7.89. The molecule has 0 radical (unpaired) electrons. The number of hydrogen-bond donors (Lipinski definition) is 3. The molecule has 0 unspecified atom stereocenters. The van der Waals surface area contributed by atoms with Gasteiger partial charge in [-0.05, 0) is 25.0 Å². The largest absolute Gasteiger partial charge is 0.480 e. The van der Waals surface area contributed by atoms with Crippen LogP contribution in [0.25, 0.3) is 0 Å². The zero-order chi connectivity index (χ0) is 17.8. The molecule has 0 saturated heterocycles. The van der Waals surface area contributed by atoms with Gasteiger partial charge in [-0.25, -0.2) is 12.8 Å². The Morgan fingerprint density at radius 2 is 1.74 bits per heavy atom. The van der Waals surface area contributed by atoms with Gasteiger partial charge in [0.05, 0.1) is 0 Å². The van der Waals surface area contributed by atoms with E-state index in [0.717, 1.165) is 12.1 Å². The predicted molar refractivity (Wildman–Crippen MR) is 80.6 cm³/mol. The molecule has 2 atom stereocenters. The summed E-state index contributed by atoms with van der Waals surface area (Å²) in [6.45, 7) is 4.42. The molecular weight excluding hydrogens is 327 g/mol. The average Bonchev–Trinajstić information content (AvgIpc) is 2.44. The van der Waals surface area contributed by atoms with Gasteiger partial charge in [0.2, 0.25) is 15.9 Å². The second-order valence-corrected chi connectivity index (χ2v) is 7.02. The van der Waals surface area contributed by atoms with Crippen molar-refractivity contribution in [3.8, 4) is 0 Å². The minimum atomic E-state index is -4.27. The van der Waals surface area contributed by atoms with Crippen molar-refractivity contribution in [1.29, 1.82) is 0 Å². The van der Waals surface area contributed by atoms with Crippen LogP contribution in [0.2, 0.25) is 0 Å². The highest BCUT2D eigenvalue weighted by Gasteiger charge is 2.31. The fraction of sp³-hybridized carbons (Fsp3) is 0.429. The number of rotatable bonds is 7. The molecular formula is C14H19FN2O5S. The van der Waals surface area contributed by atoms with Crippen LogP contribution in [0.5, 0.6) is 0 Å². The van der Waals surface area contributed by atoms with Crippen molar-refractivity contribution < 1.29 is 27.5 Å². The average molecular weight is 346 g/mol. The normalized spacial score (nSPS) is 14.3. The summed E-state index contributed by atoms with van der Waals surface area (Å²) in [5, 5.41) is 11.0. The number of sulfonamides is 1. The molecule has 0 bridgehead atoms. The third kappa shape index (κ3) is 5.00. The Balaban J connectivity index is 3.02. The molecule has 7 nitrogen and oxygen atoms in total. The number of halogens is 1. The maximum atomic E-state index is 13.7. The first kappa shape index (κ1) is 19.0. The molecule has 1 aromatic rings. The van der Waals surface area contributed by atoms with Crippen molar-refractivity contribution in [2.45, 2.75) is 37.8 Å². The molecule has 0 fully saturated rings. The van der Waals surface area contributed by atoms with Crippen molar-refractivity contribution in [3.05, 3.63) is 30.1 Å². The zero-order valence-corrected chi connectivity index (χ0v) is 13.7. The summed E-state index contributed by atoms with van der Waals surface area (Å²) < 4.78 is 40.3. The molecule has 0 aliphatic heterocycles. The van der Waals surface area contributed by atoms with Crippen molar-refractivity contribution in [3.63, 3.8) is 0 Å². The van der Waals surface area contributed by atoms with Crippen LogP contribution in [0.1, 0.15) is 20.8 Å². The van der Waals surface area contributed by atoms with E-state index in [9.17, 15) is 22.4 Å². The molecule has 1 aromatic carbocycles. The first-order valence-electron chi connectivity index (χ1n) is 6.86. The number of carbonyl (C=O) groups is 2. The van der Waals surface area contributed by atoms with E-state index in [1.54, 1.807) is 13.8 Å². The summed E-state index contributed by atoms with van der Waals surface area (Å²) >= 11 is 0. The van der Waals surface area contributed by atoms with Crippen molar-refractivity contribution in [2.75, 3.05) is 0 Å². The minimum absolute atomic E-state index is 0.474. The summed E-state index contributed by atoms with van der Waals surface area (Å²) in [5.74, 6) is -3.47. The fourth-order valence-electron chi connectivity index (χ4n) is 1.75. The van der Waals surface area contributed by atoms with E-state index in [4.69, 9.17) is 5.11 Å². The SMILES string of the molecule is CC(C)[C@H](NS(=O)(=O)c1ccccc1F)C(=O)N[C@@H](C)C(=O)O. The van der Waals surface area contributed by atoms with Crippen LogP contribution in [-0.2, 0) is 19.6 Å². The maximum absolute atomic E-state index is 13.7. The quantitative estimate of drug-likeness (QED) is 0.673. The summed E-state index contributed by atoms with van der Waals surface area (Å²) in [5.41, 5.74) is 0. The van der Waals surface area contributed by atoms with E-state index in [-0.39, 0.29) is 0 Å². The summed E-state index contributed by atoms with van der Waals surface area (Å²) in [4.78, 5) is 22.3. The molecule has 0 aliphatic rings.